The van der Waals surface area contributed by atoms with Gasteiger partial charge >= 0.3 is 0 Å². The van der Waals surface area contributed by atoms with Gasteiger partial charge in [0.15, 0.2) is 0 Å². The van der Waals surface area contributed by atoms with Gasteiger partial charge in [0.1, 0.15) is 12.0 Å². The van der Waals surface area contributed by atoms with Crippen LogP contribution in [0.5, 0.6) is 5.75 Å². The number of hydrogen-bond acceptors (Lipinski definition) is 7. The molecule has 10 heteroatoms. The number of ketones is 1. The van der Waals surface area contributed by atoms with E-state index in [1.165, 1.54) is 12.1 Å². The van der Waals surface area contributed by atoms with E-state index < -0.39 is 48.7 Å². The van der Waals surface area contributed by atoms with Crippen molar-refractivity contribution in [2.45, 2.75) is 24.9 Å². The zero-order chi connectivity index (χ0) is 24.2. The summed E-state index contributed by atoms with van der Waals surface area (Å²) in [6, 6.07) is 13.3. The van der Waals surface area contributed by atoms with Crippen LogP contribution in [0, 0.1) is 0 Å². The summed E-state index contributed by atoms with van der Waals surface area (Å²) >= 11 is 0. The topological polar surface area (TPSA) is 168 Å². The molecule has 0 heterocycles. The number of carbonyl (C=O) groups is 5. The number of aldehydes is 1. The molecule has 0 bridgehead atoms. The lowest BCUT2D eigenvalue weighted by Gasteiger charge is -2.14. The van der Waals surface area contributed by atoms with Crippen molar-refractivity contribution in [3.63, 3.8) is 0 Å². The fourth-order valence-electron chi connectivity index (χ4n) is 2.90. The summed E-state index contributed by atoms with van der Waals surface area (Å²) in [5.74, 6) is -3.06. The van der Waals surface area contributed by atoms with Crippen LogP contribution in [0.1, 0.15) is 11.1 Å². The fourth-order valence-corrected chi connectivity index (χ4v) is 2.90. The first-order valence-corrected chi connectivity index (χ1v) is 10.2. The second-order valence-electron chi connectivity index (χ2n) is 7.30. The van der Waals surface area contributed by atoms with Gasteiger partial charge in [0.2, 0.25) is 17.6 Å². The van der Waals surface area contributed by atoms with Gasteiger partial charge in [0, 0.05) is 0 Å². The second kappa shape index (κ2) is 12.7. The van der Waals surface area contributed by atoms with Crippen molar-refractivity contribution >= 4 is 29.8 Å². The molecular weight excluding hydrogens is 428 g/mol. The van der Waals surface area contributed by atoms with Gasteiger partial charge in [-0.1, -0.05) is 42.5 Å². The second-order valence-corrected chi connectivity index (χ2v) is 7.30. The Bertz CT molecular complexity index is 978. The summed E-state index contributed by atoms with van der Waals surface area (Å²) < 4.78 is 0. The number of nitrogens with one attached hydrogen (secondary N) is 3. The predicted octanol–water partition coefficient (Wildman–Crippen LogP) is -1.01. The Hall–Kier alpha value is -4.05. The van der Waals surface area contributed by atoms with Crippen LogP contribution in [-0.4, -0.2) is 60.1 Å². The van der Waals surface area contributed by atoms with Crippen molar-refractivity contribution in [3.8, 4) is 5.75 Å². The maximum absolute atomic E-state index is 12.1. The van der Waals surface area contributed by atoms with E-state index in [0.29, 0.717) is 6.29 Å². The molecule has 0 fully saturated rings. The molecule has 10 nitrogen and oxygen atoms in total. The number of hydrogen-bond donors (Lipinski definition) is 5. The average Bonchev–Trinajstić information content (AvgIpc) is 2.82. The van der Waals surface area contributed by atoms with E-state index in [1.807, 2.05) is 6.07 Å². The van der Waals surface area contributed by atoms with Gasteiger partial charge in [0.05, 0.1) is 25.2 Å². The normalized spacial score (nSPS) is 12.2. The number of rotatable bonds is 12. The molecule has 2 atom stereocenters. The number of amides is 3. The van der Waals surface area contributed by atoms with Gasteiger partial charge in [-0.3, -0.25) is 19.2 Å². The van der Waals surface area contributed by atoms with Gasteiger partial charge in [0.25, 0.3) is 5.91 Å². The Morgan fingerprint density at radius 3 is 2.09 bits per heavy atom. The van der Waals surface area contributed by atoms with Crippen molar-refractivity contribution < 1.29 is 29.1 Å². The lowest BCUT2D eigenvalue weighted by Crippen LogP contribution is -2.48. The van der Waals surface area contributed by atoms with Crippen molar-refractivity contribution in [2.75, 3.05) is 13.1 Å². The molecule has 0 aromatic heterocycles. The third kappa shape index (κ3) is 8.91. The smallest absolute Gasteiger partial charge is 0.289 e. The Kier molecular flexibility index (Phi) is 9.72. The summed E-state index contributed by atoms with van der Waals surface area (Å²) in [5.41, 5.74) is 7.30. The van der Waals surface area contributed by atoms with E-state index in [1.54, 1.807) is 36.4 Å². The van der Waals surface area contributed by atoms with Crippen LogP contribution in [0.25, 0.3) is 0 Å². The van der Waals surface area contributed by atoms with E-state index in [-0.39, 0.29) is 18.6 Å². The van der Waals surface area contributed by atoms with E-state index in [2.05, 4.69) is 16.0 Å². The van der Waals surface area contributed by atoms with Gasteiger partial charge in [-0.05, 0) is 36.1 Å². The number of Topliss-reactive ketones (excluding diaryl/α,β-unsaturated/α-hetero) is 1. The quantitative estimate of drug-likeness (QED) is 0.202. The lowest BCUT2D eigenvalue weighted by molar-refractivity contribution is -0.139. The van der Waals surface area contributed by atoms with Crippen molar-refractivity contribution in [2.24, 2.45) is 5.73 Å². The highest BCUT2D eigenvalue weighted by Crippen LogP contribution is 2.10. The molecule has 0 aliphatic carbocycles. The van der Waals surface area contributed by atoms with Crippen molar-refractivity contribution in [3.05, 3.63) is 65.7 Å². The third-order valence-electron chi connectivity index (χ3n) is 4.62. The molecule has 174 valence electrons. The van der Waals surface area contributed by atoms with Crippen LogP contribution >= 0.6 is 0 Å². The van der Waals surface area contributed by atoms with E-state index >= 15 is 0 Å². The molecule has 3 amide bonds. The van der Waals surface area contributed by atoms with Crippen molar-refractivity contribution in [1.29, 1.82) is 0 Å². The maximum atomic E-state index is 12.1. The van der Waals surface area contributed by atoms with E-state index in [4.69, 9.17) is 5.73 Å². The molecule has 0 saturated carbocycles. The molecule has 33 heavy (non-hydrogen) atoms. The minimum Gasteiger partial charge on any atom is -0.508 e. The molecule has 0 spiro atoms. The van der Waals surface area contributed by atoms with Crippen LogP contribution in [-0.2, 0) is 36.8 Å². The fraction of sp³-hybridized carbons (Fsp3) is 0.261. The molecule has 2 aromatic carbocycles. The molecule has 0 aliphatic rings. The summed E-state index contributed by atoms with van der Waals surface area (Å²) in [5, 5.41) is 16.2. The molecule has 2 aromatic rings. The van der Waals surface area contributed by atoms with Crippen LogP contribution < -0.4 is 21.7 Å². The molecule has 6 N–H and O–H groups in total. The van der Waals surface area contributed by atoms with Crippen LogP contribution in [0.2, 0.25) is 0 Å². The number of phenolic OH excluding ortho intramolecular Hbond substituents is 1. The Balaban J connectivity index is 1.70. The molecule has 0 unspecified atom stereocenters. The standard InChI is InChI=1S/C23H26N4O6/c24-19(11-15-4-2-1-3-5-15)22(32)23(33)26-12-20(30)25-13-21(31)27-17(14-28)10-16-6-8-18(29)9-7-16/h1-9,14,17,19,29H,10-13,24H2,(H,25,30)(H,26,33)(H,27,31)/t17-,19-/m0/s1. The van der Waals surface area contributed by atoms with Gasteiger partial charge < -0.3 is 31.6 Å². The number of phenols is 1. The maximum Gasteiger partial charge on any atom is 0.289 e. The molecular formula is C23H26N4O6. The monoisotopic (exact) mass is 454 g/mol. The number of carbonyl (C=O) groups excluding carboxylic acids is 5. The molecule has 0 aliphatic heterocycles. The summed E-state index contributed by atoms with van der Waals surface area (Å²) in [6.45, 7) is -0.934. The molecule has 0 radical (unpaired) electrons. The van der Waals surface area contributed by atoms with Gasteiger partial charge in [-0.2, -0.15) is 0 Å². The average molecular weight is 454 g/mol. The number of aromatic hydroxyl groups is 1. The lowest BCUT2D eigenvalue weighted by atomic mass is 10.0. The third-order valence-corrected chi connectivity index (χ3v) is 4.62. The van der Waals surface area contributed by atoms with E-state index in [0.717, 1.165) is 11.1 Å². The highest BCUT2D eigenvalue weighted by atomic mass is 16.3. The SMILES string of the molecule is N[C@@H](Cc1ccccc1)C(=O)C(=O)NCC(=O)NCC(=O)N[C@H](C=O)Cc1ccc(O)cc1. The van der Waals surface area contributed by atoms with Gasteiger partial charge in [-0.15, -0.1) is 0 Å². The van der Waals surface area contributed by atoms with E-state index in [9.17, 15) is 29.1 Å². The first kappa shape index (κ1) is 25.2. The first-order valence-electron chi connectivity index (χ1n) is 10.2. The largest absolute Gasteiger partial charge is 0.508 e. The highest BCUT2D eigenvalue weighted by Gasteiger charge is 2.22. The zero-order valence-corrected chi connectivity index (χ0v) is 17.8. The van der Waals surface area contributed by atoms with Crippen LogP contribution in [0.15, 0.2) is 54.6 Å². The first-order chi connectivity index (χ1) is 15.8. The Labute approximate surface area is 190 Å². The minimum atomic E-state index is -1.05. The predicted molar refractivity (Wildman–Crippen MR) is 119 cm³/mol. The van der Waals surface area contributed by atoms with Crippen LogP contribution in [0.3, 0.4) is 0 Å². The zero-order valence-electron chi connectivity index (χ0n) is 17.8. The van der Waals surface area contributed by atoms with Gasteiger partial charge in [-0.25, -0.2) is 0 Å². The summed E-state index contributed by atoms with van der Waals surface area (Å²) in [6.07, 6.45) is 0.962. The summed E-state index contributed by atoms with van der Waals surface area (Å²) in [4.78, 5) is 59.1. The Morgan fingerprint density at radius 1 is 0.848 bits per heavy atom. The minimum absolute atomic E-state index is 0.0834. The highest BCUT2D eigenvalue weighted by molar-refractivity contribution is 6.38. The van der Waals surface area contributed by atoms with Crippen molar-refractivity contribution in [1.82, 2.24) is 16.0 Å². The molecule has 2 rings (SSSR count). The number of nitrogens with two attached hydrogens (primary N) is 1. The number of benzene rings is 2. The van der Waals surface area contributed by atoms with Crippen LogP contribution in [0.4, 0.5) is 0 Å². The summed E-state index contributed by atoms with van der Waals surface area (Å²) in [7, 11) is 0. The Morgan fingerprint density at radius 2 is 1.45 bits per heavy atom. The molecule has 0 saturated heterocycles.